The van der Waals surface area contributed by atoms with E-state index in [9.17, 15) is 0 Å². The number of fused-ring (bicyclic) bond motifs is 10. The first-order valence-corrected chi connectivity index (χ1v) is 33.7. The largest absolute Gasteiger partial charge is 0.456 e. The smallest absolute Gasteiger partial charge is 0.164 e. The van der Waals surface area contributed by atoms with Crippen molar-refractivity contribution in [2.24, 2.45) is 0 Å². The third-order valence-corrected chi connectivity index (χ3v) is 18.7. The van der Waals surface area contributed by atoms with Gasteiger partial charge in [0.25, 0.3) is 0 Å². The van der Waals surface area contributed by atoms with Crippen molar-refractivity contribution in [3.8, 4) is 113 Å². The van der Waals surface area contributed by atoms with E-state index in [2.05, 4.69) is 176 Å². The van der Waals surface area contributed by atoms with Crippen LogP contribution in [0.3, 0.4) is 0 Å². The van der Waals surface area contributed by atoms with Crippen molar-refractivity contribution in [2.45, 2.75) is 0 Å². The van der Waals surface area contributed by atoms with Gasteiger partial charge >= 0.3 is 0 Å². The lowest BCUT2D eigenvalue weighted by molar-refractivity contribution is 0.669. The van der Waals surface area contributed by atoms with Gasteiger partial charge in [0.15, 0.2) is 34.9 Å². The maximum absolute atomic E-state index is 6.12. The number of hydrogen-bond donors (Lipinski definition) is 0. The molecule has 0 amide bonds. The average Bonchev–Trinajstić information content (AvgIpc) is 1.55. The first-order chi connectivity index (χ1) is 50.4. The molecule has 0 aliphatic carbocycles. The number of aromatic nitrogens is 10. The Balaban J connectivity index is 0.000000141. The molecule has 476 valence electrons. The van der Waals surface area contributed by atoms with Gasteiger partial charge in [0, 0.05) is 72.6 Å². The Morgan fingerprint density at radius 1 is 0.157 bits per heavy atom. The fourth-order valence-corrected chi connectivity index (χ4v) is 13.4. The summed E-state index contributed by atoms with van der Waals surface area (Å²) in [6.45, 7) is 0. The lowest BCUT2D eigenvalue weighted by Crippen LogP contribution is -2.00. The summed E-state index contributed by atoms with van der Waals surface area (Å²) in [5.41, 5.74) is 24.2. The van der Waals surface area contributed by atoms with Crippen molar-refractivity contribution < 1.29 is 8.83 Å². The lowest BCUT2D eigenvalue weighted by Gasteiger charge is -2.10. The molecule has 14 aromatic carbocycles. The molecule has 0 atom stereocenters. The Hall–Kier alpha value is -14.1. The van der Waals surface area contributed by atoms with Crippen LogP contribution < -0.4 is 0 Å². The van der Waals surface area contributed by atoms with Gasteiger partial charge in [-0.2, -0.15) is 0 Å². The van der Waals surface area contributed by atoms with Gasteiger partial charge in [0.2, 0.25) is 0 Å². The number of furan rings is 2. The predicted molar refractivity (Wildman–Crippen MR) is 410 cm³/mol. The third kappa shape index (κ3) is 11.2. The quantitative estimate of drug-likeness (QED) is 0.120. The molecule has 0 aliphatic heterocycles. The van der Waals surface area contributed by atoms with Gasteiger partial charge in [-0.05, 0) is 81.4 Å². The van der Waals surface area contributed by atoms with Crippen LogP contribution in [0, 0.1) is 0 Å². The van der Waals surface area contributed by atoms with E-state index in [0.29, 0.717) is 34.9 Å². The highest BCUT2D eigenvalue weighted by Gasteiger charge is 2.19. The highest BCUT2D eigenvalue weighted by molar-refractivity contribution is 6.11. The molecule has 0 unspecified atom stereocenters. The Labute approximate surface area is 583 Å². The van der Waals surface area contributed by atoms with Crippen LogP contribution in [-0.4, -0.2) is 49.8 Å². The molecule has 0 aliphatic rings. The molecule has 12 nitrogen and oxygen atoms in total. The molecule has 102 heavy (non-hydrogen) atoms. The first kappa shape index (κ1) is 59.2. The van der Waals surface area contributed by atoms with Crippen LogP contribution in [0.2, 0.25) is 0 Å². The number of rotatable bonds is 10. The average molecular weight is 1310 g/mol. The van der Waals surface area contributed by atoms with Crippen molar-refractivity contribution in [1.29, 1.82) is 0 Å². The molecular formula is C90H54N10O2. The first-order valence-electron chi connectivity index (χ1n) is 33.7. The van der Waals surface area contributed by atoms with Crippen LogP contribution in [0.5, 0.6) is 0 Å². The minimum absolute atomic E-state index is 0.609. The molecule has 0 fully saturated rings. The van der Waals surface area contributed by atoms with Crippen LogP contribution >= 0.6 is 0 Å². The Kier molecular flexibility index (Phi) is 14.6. The molecule has 6 heterocycles. The second-order valence-corrected chi connectivity index (χ2v) is 25.1. The Morgan fingerprint density at radius 3 is 0.902 bits per heavy atom. The summed E-state index contributed by atoms with van der Waals surface area (Å²) in [4.78, 5) is 49.7. The molecule has 20 aromatic rings. The summed E-state index contributed by atoms with van der Waals surface area (Å²) in [5.74, 6) is 3.73. The lowest BCUT2D eigenvalue weighted by atomic mass is 10.0. The summed E-state index contributed by atoms with van der Waals surface area (Å²) < 4.78 is 12.2. The Morgan fingerprint density at radius 2 is 0.461 bits per heavy atom. The minimum Gasteiger partial charge on any atom is -0.456 e. The molecule has 0 saturated heterocycles. The summed E-state index contributed by atoms with van der Waals surface area (Å²) in [6, 6.07) is 111. The van der Waals surface area contributed by atoms with E-state index in [-0.39, 0.29) is 0 Å². The molecule has 0 saturated carbocycles. The normalized spacial score (nSPS) is 11.5. The number of nitrogens with zero attached hydrogens (tertiary/aromatic N) is 10. The minimum atomic E-state index is 0.609. The summed E-state index contributed by atoms with van der Waals surface area (Å²) >= 11 is 0. The topological polar surface area (TPSA) is 155 Å². The second kappa shape index (κ2) is 25.1. The Bertz CT molecular complexity index is 6550. The highest BCUT2D eigenvalue weighted by Crippen LogP contribution is 2.38. The van der Waals surface area contributed by atoms with Gasteiger partial charge in [0.1, 0.15) is 22.3 Å². The van der Waals surface area contributed by atoms with E-state index in [1.165, 1.54) is 11.1 Å². The maximum Gasteiger partial charge on any atom is 0.164 e. The summed E-state index contributed by atoms with van der Waals surface area (Å²) in [6.07, 6.45) is 0. The van der Waals surface area contributed by atoms with E-state index in [1.807, 2.05) is 152 Å². The zero-order valence-electron chi connectivity index (χ0n) is 54.5. The van der Waals surface area contributed by atoms with Crippen LogP contribution in [-0.2, 0) is 0 Å². The molecule has 20 rings (SSSR count). The molecule has 12 heteroatoms. The van der Waals surface area contributed by atoms with Crippen molar-refractivity contribution in [1.82, 2.24) is 49.8 Å². The van der Waals surface area contributed by atoms with Gasteiger partial charge in [-0.1, -0.05) is 273 Å². The van der Waals surface area contributed by atoms with Crippen molar-refractivity contribution in [3.05, 3.63) is 328 Å². The van der Waals surface area contributed by atoms with Gasteiger partial charge in [-0.15, -0.1) is 0 Å². The van der Waals surface area contributed by atoms with Crippen LogP contribution in [0.1, 0.15) is 0 Å². The number of hydrogen-bond acceptors (Lipinski definition) is 12. The number of benzene rings is 14. The van der Waals surface area contributed by atoms with Crippen LogP contribution in [0.15, 0.2) is 336 Å². The van der Waals surface area contributed by atoms with E-state index in [1.54, 1.807) is 0 Å². The predicted octanol–water partition coefficient (Wildman–Crippen LogP) is 22.4. The monoisotopic (exact) mass is 1310 g/mol. The molecular weight excluding hydrogens is 1250 g/mol. The summed E-state index contributed by atoms with van der Waals surface area (Å²) in [5, 5.41) is 4.23. The van der Waals surface area contributed by atoms with E-state index in [4.69, 9.17) is 58.7 Å². The summed E-state index contributed by atoms with van der Waals surface area (Å²) in [7, 11) is 0. The SMILES string of the molecule is c1ccc(-c2ccc(-c3nc(-c4ccccc4)nc(-c4ccc(-c5ccc6nc7cc8c(cc7nc6c5)oc5ccccc58)cc4)n3)cc2)cc1.c1ccc(-c2ccc(-c3nc(-c4ccccc4)nc(-c4ccc(-c5cccc6nc7cc8oc9ccccc9c8cc7nc56)cc4)n3)cc2)cc1. The van der Waals surface area contributed by atoms with Gasteiger partial charge in [0.05, 0.1) is 44.1 Å². The van der Waals surface area contributed by atoms with E-state index >= 15 is 0 Å². The number of para-hydroxylation sites is 3. The molecule has 0 bridgehead atoms. The van der Waals surface area contributed by atoms with E-state index in [0.717, 1.165) is 155 Å². The molecule has 0 spiro atoms. The fraction of sp³-hybridized carbons (Fsp3) is 0. The van der Waals surface area contributed by atoms with Crippen molar-refractivity contribution in [2.75, 3.05) is 0 Å². The second-order valence-electron chi connectivity index (χ2n) is 25.1. The molecule has 0 N–H and O–H groups in total. The van der Waals surface area contributed by atoms with Crippen LogP contribution in [0.4, 0.5) is 0 Å². The van der Waals surface area contributed by atoms with Crippen LogP contribution in [0.25, 0.3) is 201 Å². The fourth-order valence-electron chi connectivity index (χ4n) is 13.4. The zero-order chi connectivity index (χ0) is 67.5. The van der Waals surface area contributed by atoms with Gasteiger partial charge < -0.3 is 8.83 Å². The molecule has 0 radical (unpaired) electrons. The van der Waals surface area contributed by atoms with E-state index < -0.39 is 0 Å². The van der Waals surface area contributed by atoms with Crippen molar-refractivity contribution in [3.63, 3.8) is 0 Å². The zero-order valence-corrected chi connectivity index (χ0v) is 54.5. The molecule has 6 aromatic heterocycles. The third-order valence-electron chi connectivity index (χ3n) is 18.7. The van der Waals surface area contributed by atoms with Gasteiger partial charge in [-0.3, -0.25) is 0 Å². The van der Waals surface area contributed by atoms with Crippen molar-refractivity contribution >= 4 is 88.0 Å². The standard InChI is InChI=1S/2C45H27N5O/c1-3-10-28(11-4-1)29-18-22-32(23-19-29)44-48-43(31-12-5-2-6-13-31)49-45(50-44)33-24-20-30(21-25-33)34-15-9-16-37-42(34)47-38-26-36-35-14-7-8-17-40(35)51-41(36)27-39(38)46-37;1-3-9-28(10-4-1)29-15-19-32(20-16-29)44-48-43(31-11-5-2-6-12-31)49-45(50-44)33-21-17-30(18-22-33)34-23-24-37-38(25-34)47-40-27-42-36(26-39(40)46-37)35-13-7-8-14-41(35)51-42/h2*1-27H. The van der Waals surface area contributed by atoms with Gasteiger partial charge in [-0.25, -0.2) is 49.8 Å². The highest BCUT2D eigenvalue weighted by atomic mass is 16.3. The maximum atomic E-state index is 6.12.